The van der Waals surface area contributed by atoms with Crippen LogP contribution in [0.25, 0.3) is 0 Å². The molecule has 6 nitrogen and oxygen atoms in total. The molecular weight excluding hydrogens is 284 g/mol. The fraction of sp³-hybridized carbons (Fsp3) is 0.846. The van der Waals surface area contributed by atoms with Gasteiger partial charge in [0.2, 0.25) is 0 Å². The maximum absolute atomic E-state index is 10.6. The van der Waals surface area contributed by atoms with E-state index in [1.165, 1.54) is 11.8 Å². The molecule has 0 atom stereocenters. The Labute approximate surface area is 124 Å². The number of thioether (sulfide) groups is 1. The molecule has 0 unspecified atom stereocenters. The van der Waals surface area contributed by atoms with Crippen LogP contribution in [0, 0.1) is 0 Å². The topological polar surface area (TPSA) is 71.1 Å². The number of carbonyl (C=O) groups excluding carboxylic acids is 2. The maximum atomic E-state index is 10.6. The van der Waals surface area contributed by atoms with E-state index >= 15 is 0 Å². The number of carbonyl (C=O) groups is 2. The third-order valence-electron chi connectivity index (χ3n) is 2.03. The van der Waals surface area contributed by atoms with Crippen LogP contribution in [-0.4, -0.2) is 70.0 Å². The number of rotatable bonds is 15. The van der Waals surface area contributed by atoms with Crippen molar-refractivity contribution in [2.45, 2.75) is 13.3 Å². The fourth-order valence-electron chi connectivity index (χ4n) is 1.14. The zero-order chi connectivity index (χ0) is 14.9. The molecule has 0 aliphatic heterocycles. The van der Waals surface area contributed by atoms with Crippen LogP contribution in [0.3, 0.4) is 0 Å². The lowest BCUT2D eigenvalue weighted by Crippen LogP contribution is -2.12. The Morgan fingerprint density at radius 3 is 1.75 bits per heavy atom. The Bertz CT molecular complexity index is 237. The van der Waals surface area contributed by atoms with Gasteiger partial charge in [-0.15, -0.1) is 0 Å². The molecule has 0 spiro atoms. The lowest BCUT2D eigenvalue weighted by Gasteiger charge is -2.06. The smallest absolute Gasteiger partial charge is 0.185 e. The molecule has 0 aliphatic carbocycles. The van der Waals surface area contributed by atoms with Gasteiger partial charge in [0.05, 0.1) is 52.9 Å². The van der Waals surface area contributed by atoms with Gasteiger partial charge in [-0.05, 0) is 0 Å². The van der Waals surface area contributed by atoms with Crippen molar-refractivity contribution in [3.05, 3.63) is 0 Å². The average Bonchev–Trinajstić information content (AvgIpc) is 2.43. The van der Waals surface area contributed by atoms with Crippen molar-refractivity contribution >= 4 is 23.2 Å². The van der Waals surface area contributed by atoms with Crippen LogP contribution in [0.1, 0.15) is 13.3 Å². The van der Waals surface area contributed by atoms with Crippen LogP contribution in [-0.2, 0) is 28.5 Å². The molecule has 0 fully saturated rings. The quantitative estimate of drug-likeness (QED) is 0.329. The fourth-order valence-corrected chi connectivity index (χ4v) is 1.63. The number of hydrogen-bond donors (Lipinski definition) is 0. The van der Waals surface area contributed by atoms with Gasteiger partial charge < -0.3 is 23.7 Å². The molecule has 0 bridgehead atoms. The summed E-state index contributed by atoms with van der Waals surface area (Å²) in [6, 6.07) is 0. The first kappa shape index (κ1) is 19.5. The SMILES string of the molecule is CC(=O)SCCOCCOCCOCCOCCC=O. The van der Waals surface area contributed by atoms with E-state index in [1.807, 2.05) is 0 Å². The highest BCUT2D eigenvalue weighted by atomic mass is 32.2. The normalized spacial score (nSPS) is 10.7. The van der Waals surface area contributed by atoms with Crippen LogP contribution in [0.2, 0.25) is 0 Å². The number of ether oxygens (including phenoxy) is 4. The highest BCUT2D eigenvalue weighted by Crippen LogP contribution is 1.99. The van der Waals surface area contributed by atoms with Crippen LogP contribution in [0.4, 0.5) is 0 Å². The van der Waals surface area contributed by atoms with E-state index in [1.54, 1.807) is 6.92 Å². The first-order valence-electron chi connectivity index (χ1n) is 6.65. The van der Waals surface area contributed by atoms with E-state index in [4.69, 9.17) is 18.9 Å². The molecule has 0 N–H and O–H groups in total. The molecule has 118 valence electrons. The molecule has 20 heavy (non-hydrogen) atoms. The highest BCUT2D eigenvalue weighted by Gasteiger charge is 1.95. The summed E-state index contributed by atoms with van der Waals surface area (Å²) in [7, 11) is 0. The third kappa shape index (κ3) is 17.5. The second-order valence-electron chi connectivity index (χ2n) is 3.74. The van der Waals surface area contributed by atoms with Gasteiger partial charge in [0, 0.05) is 19.1 Å². The van der Waals surface area contributed by atoms with Crippen LogP contribution in [0.15, 0.2) is 0 Å². The van der Waals surface area contributed by atoms with Gasteiger partial charge in [-0.3, -0.25) is 4.79 Å². The van der Waals surface area contributed by atoms with Crippen molar-refractivity contribution in [2.75, 3.05) is 58.6 Å². The van der Waals surface area contributed by atoms with Gasteiger partial charge in [0.25, 0.3) is 0 Å². The van der Waals surface area contributed by atoms with Crippen molar-refractivity contribution in [1.29, 1.82) is 0 Å². The van der Waals surface area contributed by atoms with Gasteiger partial charge in [-0.2, -0.15) is 0 Å². The molecule has 0 amide bonds. The summed E-state index contributed by atoms with van der Waals surface area (Å²) in [5, 5.41) is 0.108. The molecule has 0 aromatic heterocycles. The Morgan fingerprint density at radius 1 is 0.850 bits per heavy atom. The minimum atomic E-state index is 0.108. The van der Waals surface area contributed by atoms with Crippen molar-refractivity contribution in [3.8, 4) is 0 Å². The van der Waals surface area contributed by atoms with Gasteiger partial charge in [0.15, 0.2) is 5.12 Å². The molecule has 0 saturated heterocycles. The van der Waals surface area contributed by atoms with Crippen molar-refractivity contribution < 1.29 is 28.5 Å². The third-order valence-corrected chi connectivity index (χ3v) is 2.81. The van der Waals surface area contributed by atoms with Crippen LogP contribution >= 0.6 is 11.8 Å². The van der Waals surface area contributed by atoms with Gasteiger partial charge in [-0.25, -0.2) is 0 Å². The summed E-state index contributed by atoms with van der Waals surface area (Å²) < 4.78 is 21.0. The van der Waals surface area contributed by atoms with Gasteiger partial charge in [-0.1, -0.05) is 11.8 Å². The molecular formula is C13H24O6S. The van der Waals surface area contributed by atoms with Crippen LogP contribution in [0.5, 0.6) is 0 Å². The predicted octanol–water partition coefficient (Wildman–Crippen LogP) is 0.921. The van der Waals surface area contributed by atoms with E-state index in [-0.39, 0.29) is 5.12 Å². The average molecular weight is 308 g/mol. The Kier molecular flexibility index (Phi) is 16.2. The van der Waals surface area contributed by atoms with Crippen molar-refractivity contribution in [2.24, 2.45) is 0 Å². The molecule has 0 heterocycles. The lowest BCUT2D eigenvalue weighted by molar-refractivity contribution is -0.109. The maximum Gasteiger partial charge on any atom is 0.185 e. The monoisotopic (exact) mass is 308 g/mol. The van der Waals surface area contributed by atoms with E-state index in [0.29, 0.717) is 65.0 Å². The Balaban J connectivity index is 2.95. The van der Waals surface area contributed by atoms with E-state index in [2.05, 4.69) is 0 Å². The lowest BCUT2D eigenvalue weighted by atomic mass is 10.5. The van der Waals surface area contributed by atoms with Crippen molar-refractivity contribution in [3.63, 3.8) is 0 Å². The summed E-state index contributed by atoms with van der Waals surface area (Å²) in [6.45, 7) is 5.60. The first-order valence-corrected chi connectivity index (χ1v) is 7.64. The summed E-state index contributed by atoms with van der Waals surface area (Å²) in [5.41, 5.74) is 0. The van der Waals surface area contributed by atoms with Gasteiger partial charge in [0.1, 0.15) is 6.29 Å². The standard InChI is InChI=1S/C13H24O6S/c1-13(15)20-12-11-19-10-9-18-8-7-17-6-5-16-4-2-3-14/h3H,2,4-12H2,1H3. The largest absolute Gasteiger partial charge is 0.379 e. The predicted molar refractivity (Wildman–Crippen MR) is 77.1 cm³/mol. The zero-order valence-electron chi connectivity index (χ0n) is 12.0. The molecule has 0 rings (SSSR count). The molecule has 0 radical (unpaired) electrons. The summed E-state index contributed by atoms with van der Waals surface area (Å²) in [4.78, 5) is 20.6. The Hall–Kier alpha value is -0.470. The second-order valence-corrected chi connectivity index (χ2v) is 5.02. The summed E-state index contributed by atoms with van der Waals surface area (Å²) in [6.07, 6.45) is 1.25. The molecule has 0 saturated carbocycles. The second kappa shape index (κ2) is 16.6. The molecule has 0 aromatic carbocycles. The van der Waals surface area contributed by atoms with Gasteiger partial charge >= 0.3 is 0 Å². The summed E-state index contributed by atoms with van der Waals surface area (Å²) in [5.74, 6) is 0.683. The number of hydrogen-bond acceptors (Lipinski definition) is 7. The first-order chi connectivity index (χ1) is 9.77. The number of aldehydes is 1. The zero-order valence-corrected chi connectivity index (χ0v) is 12.8. The van der Waals surface area contributed by atoms with E-state index in [9.17, 15) is 9.59 Å². The van der Waals surface area contributed by atoms with Crippen LogP contribution < -0.4 is 0 Å². The van der Waals surface area contributed by atoms with E-state index < -0.39 is 0 Å². The minimum absolute atomic E-state index is 0.108. The van der Waals surface area contributed by atoms with E-state index in [0.717, 1.165) is 6.29 Å². The Morgan fingerprint density at radius 2 is 1.30 bits per heavy atom. The molecule has 0 aliphatic rings. The molecule has 7 heteroatoms. The summed E-state index contributed by atoms with van der Waals surface area (Å²) >= 11 is 1.26. The molecule has 0 aromatic rings. The van der Waals surface area contributed by atoms with Crippen molar-refractivity contribution in [1.82, 2.24) is 0 Å². The highest BCUT2D eigenvalue weighted by molar-refractivity contribution is 8.13. The minimum Gasteiger partial charge on any atom is -0.379 e.